The topological polar surface area (TPSA) is 45.0 Å². The van der Waals surface area contributed by atoms with Gasteiger partial charge in [-0.05, 0) is 37.6 Å². The molecule has 0 amide bonds. The Balaban J connectivity index is 1.90. The lowest BCUT2D eigenvalue weighted by Crippen LogP contribution is -2.28. The fraction of sp³-hybridized carbons (Fsp3) is 0.417. The van der Waals surface area contributed by atoms with Gasteiger partial charge in [0.25, 0.3) is 0 Å². The summed E-state index contributed by atoms with van der Waals surface area (Å²) in [7, 11) is 0. The van der Waals surface area contributed by atoms with E-state index in [1.54, 1.807) is 12.1 Å². The smallest absolute Gasteiger partial charge is 0.120 e. The highest BCUT2D eigenvalue weighted by molar-refractivity contribution is 5.36. The highest BCUT2D eigenvalue weighted by Crippen LogP contribution is 2.14. The standard InChI is InChI=1S/C12H14N2O/c13-8-10-3-1-5-12(7-10)15-9-11-4-2-6-14-11/h1,3,5,7,11,14H,2,4,6,9H2/t11-/m1/s1. The van der Waals surface area contributed by atoms with Crippen LogP contribution in [0.5, 0.6) is 5.75 Å². The van der Waals surface area contributed by atoms with Crippen molar-refractivity contribution in [3.63, 3.8) is 0 Å². The van der Waals surface area contributed by atoms with Crippen molar-refractivity contribution in [1.82, 2.24) is 5.32 Å². The molecule has 1 heterocycles. The van der Waals surface area contributed by atoms with Gasteiger partial charge < -0.3 is 10.1 Å². The lowest BCUT2D eigenvalue weighted by molar-refractivity contribution is 0.277. The van der Waals surface area contributed by atoms with Crippen LogP contribution in [0.25, 0.3) is 0 Å². The highest BCUT2D eigenvalue weighted by atomic mass is 16.5. The second kappa shape index (κ2) is 4.81. The Morgan fingerprint density at radius 1 is 1.53 bits per heavy atom. The molecule has 78 valence electrons. The number of hydrogen-bond donors (Lipinski definition) is 1. The zero-order chi connectivity index (χ0) is 10.5. The fourth-order valence-corrected chi connectivity index (χ4v) is 1.75. The lowest BCUT2D eigenvalue weighted by atomic mass is 10.2. The van der Waals surface area contributed by atoms with Crippen molar-refractivity contribution in [2.75, 3.05) is 13.2 Å². The van der Waals surface area contributed by atoms with E-state index in [0.717, 1.165) is 12.3 Å². The maximum absolute atomic E-state index is 8.72. The molecule has 0 spiro atoms. The van der Waals surface area contributed by atoms with Crippen LogP contribution in [-0.2, 0) is 0 Å². The van der Waals surface area contributed by atoms with Crippen molar-refractivity contribution in [3.05, 3.63) is 29.8 Å². The van der Waals surface area contributed by atoms with Crippen LogP contribution < -0.4 is 10.1 Å². The molecule has 0 radical (unpaired) electrons. The molecule has 0 aliphatic carbocycles. The molecule has 0 aromatic heterocycles. The van der Waals surface area contributed by atoms with Gasteiger partial charge >= 0.3 is 0 Å². The van der Waals surface area contributed by atoms with E-state index in [-0.39, 0.29) is 0 Å². The van der Waals surface area contributed by atoms with Gasteiger partial charge in [0, 0.05) is 6.04 Å². The minimum atomic E-state index is 0.468. The van der Waals surface area contributed by atoms with Crippen molar-refractivity contribution in [1.29, 1.82) is 5.26 Å². The van der Waals surface area contributed by atoms with Crippen LogP contribution in [0.3, 0.4) is 0 Å². The third kappa shape index (κ3) is 2.71. The molecule has 1 aliphatic rings. The molecule has 3 nitrogen and oxygen atoms in total. The monoisotopic (exact) mass is 202 g/mol. The van der Waals surface area contributed by atoms with E-state index < -0.39 is 0 Å². The predicted molar refractivity (Wildman–Crippen MR) is 57.7 cm³/mol. The molecular formula is C12H14N2O. The van der Waals surface area contributed by atoms with Gasteiger partial charge in [-0.3, -0.25) is 0 Å². The van der Waals surface area contributed by atoms with E-state index >= 15 is 0 Å². The summed E-state index contributed by atoms with van der Waals surface area (Å²) in [5.74, 6) is 0.780. The van der Waals surface area contributed by atoms with E-state index in [1.165, 1.54) is 12.8 Å². The zero-order valence-electron chi connectivity index (χ0n) is 8.57. The number of benzene rings is 1. The van der Waals surface area contributed by atoms with Crippen LogP contribution in [0.2, 0.25) is 0 Å². The van der Waals surface area contributed by atoms with Crippen molar-refractivity contribution in [3.8, 4) is 11.8 Å². The highest BCUT2D eigenvalue weighted by Gasteiger charge is 2.14. The van der Waals surface area contributed by atoms with E-state index in [9.17, 15) is 0 Å². The van der Waals surface area contributed by atoms with Gasteiger partial charge in [0.05, 0.1) is 11.6 Å². The molecule has 0 bridgehead atoms. The number of nitrogens with one attached hydrogen (secondary N) is 1. The first-order chi connectivity index (χ1) is 7.38. The number of hydrogen-bond acceptors (Lipinski definition) is 3. The summed E-state index contributed by atoms with van der Waals surface area (Å²) in [6.45, 7) is 1.78. The molecule has 1 aromatic carbocycles. The van der Waals surface area contributed by atoms with Gasteiger partial charge in [-0.2, -0.15) is 5.26 Å². The molecule has 3 heteroatoms. The number of rotatable bonds is 3. The summed E-state index contributed by atoms with van der Waals surface area (Å²) in [6.07, 6.45) is 2.41. The van der Waals surface area contributed by atoms with E-state index in [2.05, 4.69) is 11.4 Å². The van der Waals surface area contributed by atoms with Gasteiger partial charge in [-0.1, -0.05) is 6.07 Å². The minimum absolute atomic E-state index is 0.468. The second-order valence-electron chi connectivity index (χ2n) is 3.74. The Morgan fingerprint density at radius 3 is 3.20 bits per heavy atom. The van der Waals surface area contributed by atoms with Gasteiger partial charge in [-0.15, -0.1) is 0 Å². The van der Waals surface area contributed by atoms with Crippen LogP contribution in [0, 0.1) is 11.3 Å². The Hall–Kier alpha value is -1.53. The van der Waals surface area contributed by atoms with Crippen LogP contribution in [0.1, 0.15) is 18.4 Å². The molecule has 0 unspecified atom stereocenters. The molecule has 1 fully saturated rings. The molecule has 1 N–H and O–H groups in total. The predicted octanol–water partition coefficient (Wildman–Crippen LogP) is 1.69. The Kier molecular flexibility index (Phi) is 3.21. The minimum Gasteiger partial charge on any atom is -0.492 e. The molecule has 0 saturated carbocycles. The van der Waals surface area contributed by atoms with Crippen molar-refractivity contribution < 1.29 is 4.74 Å². The molecule has 2 rings (SSSR count). The van der Waals surface area contributed by atoms with Crippen LogP contribution in [0.4, 0.5) is 0 Å². The molecule has 15 heavy (non-hydrogen) atoms. The maximum Gasteiger partial charge on any atom is 0.120 e. The van der Waals surface area contributed by atoms with Crippen LogP contribution in [-0.4, -0.2) is 19.2 Å². The SMILES string of the molecule is N#Cc1cccc(OC[C@H]2CCCN2)c1. The Bertz CT molecular complexity index is 364. The summed E-state index contributed by atoms with van der Waals surface area (Å²) in [5, 5.41) is 12.1. The summed E-state index contributed by atoms with van der Waals surface area (Å²) in [4.78, 5) is 0. The average molecular weight is 202 g/mol. The molecule has 1 aliphatic heterocycles. The zero-order valence-corrected chi connectivity index (χ0v) is 8.57. The Labute approximate surface area is 89.7 Å². The first kappa shape index (κ1) is 10.0. The average Bonchev–Trinajstić information content (AvgIpc) is 2.79. The van der Waals surface area contributed by atoms with Gasteiger partial charge in [0.2, 0.25) is 0 Å². The van der Waals surface area contributed by atoms with Gasteiger partial charge in [-0.25, -0.2) is 0 Å². The summed E-state index contributed by atoms with van der Waals surface area (Å²) >= 11 is 0. The quantitative estimate of drug-likeness (QED) is 0.811. The Morgan fingerprint density at radius 2 is 2.47 bits per heavy atom. The fourth-order valence-electron chi connectivity index (χ4n) is 1.75. The normalized spacial score (nSPS) is 19.8. The molecular weight excluding hydrogens is 188 g/mol. The van der Waals surface area contributed by atoms with E-state index in [0.29, 0.717) is 18.2 Å². The van der Waals surface area contributed by atoms with Crippen molar-refractivity contribution in [2.45, 2.75) is 18.9 Å². The number of nitriles is 1. The first-order valence-corrected chi connectivity index (χ1v) is 5.25. The summed E-state index contributed by atoms with van der Waals surface area (Å²) in [6, 6.07) is 9.85. The second-order valence-corrected chi connectivity index (χ2v) is 3.74. The molecule has 1 aromatic rings. The summed E-state index contributed by atoms with van der Waals surface area (Å²) < 4.78 is 5.62. The summed E-state index contributed by atoms with van der Waals surface area (Å²) in [5.41, 5.74) is 0.645. The van der Waals surface area contributed by atoms with Crippen LogP contribution >= 0.6 is 0 Å². The first-order valence-electron chi connectivity index (χ1n) is 5.25. The molecule has 1 saturated heterocycles. The number of ether oxygens (including phenoxy) is 1. The van der Waals surface area contributed by atoms with Gasteiger partial charge in [0.1, 0.15) is 12.4 Å². The van der Waals surface area contributed by atoms with E-state index in [1.807, 2.05) is 12.1 Å². The van der Waals surface area contributed by atoms with Crippen molar-refractivity contribution in [2.24, 2.45) is 0 Å². The number of nitrogens with zero attached hydrogens (tertiary/aromatic N) is 1. The van der Waals surface area contributed by atoms with Crippen LogP contribution in [0.15, 0.2) is 24.3 Å². The van der Waals surface area contributed by atoms with E-state index in [4.69, 9.17) is 10.00 Å². The largest absolute Gasteiger partial charge is 0.492 e. The third-order valence-electron chi connectivity index (χ3n) is 2.58. The third-order valence-corrected chi connectivity index (χ3v) is 2.58. The molecule has 1 atom stereocenters. The van der Waals surface area contributed by atoms with Crippen molar-refractivity contribution >= 4 is 0 Å². The lowest BCUT2D eigenvalue weighted by Gasteiger charge is -2.11. The van der Waals surface area contributed by atoms with Gasteiger partial charge in [0.15, 0.2) is 0 Å². The maximum atomic E-state index is 8.72.